The van der Waals surface area contributed by atoms with E-state index in [0.29, 0.717) is 22.4 Å². The maximum absolute atomic E-state index is 12.7. The Hall–Kier alpha value is -4.95. The molecule has 1 heterocycles. The molecule has 0 saturated heterocycles. The topological polar surface area (TPSA) is 112 Å². The third kappa shape index (κ3) is 5.11. The van der Waals surface area contributed by atoms with Gasteiger partial charge in [0.15, 0.2) is 6.61 Å². The second-order valence-corrected chi connectivity index (χ2v) is 8.69. The molecule has 0 radical (unpaired) electrons. The molecule has 0 atom stereocenters. The normalized spacial score (nSPS) is 10.8. The fourth-order valence-corrected chi connectivity index (χ4v) is 4.09. The zero-order chi connectivity index (χ0) is 26.6. The number of esters is 1. The number of hydrogen-bond donors (Lipinski definition) is 0. The fraction of sp³-hybridized carbons (Fsp3) is 0.0345. The molecule has 5 rings (SSSR count). The van der Waals surface area contributed by atoms with Gasteiger partial charge in [0.25, 0.3) is 5.69 Å². The van der Waals surface area contributed by atoms with Crippen molar-refractivity contribution in [2.75, 3.05) is 6.61 Å². The number of nitro benzene ring substituents is 1. The van der Waals surface area contributed by atoms with Crippen LogP contribution >= 0.6 is 11.6 Å². The van der Waals surface area contributed by atoms with E-state index in [-0.39, 0.29) is 16.1 Å². The Kier molecular flexibility index (Phi) is 6.88. The maximum atomic E-state index is 12.7. The highest BCUT2D eigenvalue weighted by Crippen LogP contribution is 2.31. The summed E-state index contributed by atoms with van der Waals surface area (Å²) >= 11 is 5.80. The van der Waals surface area contributed by atoms with Crippen LogP contribution in [0.25, 0.3) is 33.5 Å². The number of fused-ring (bicyclic) bond motifs is 1. The molecule has 0 aliphatic carbocycles. The van der Waals surface area contributed by atoms with Crippen LogP contribution in [-0.4, -0.2) is 33.3 Å². The van der Waals surface area contributed by atoms with E-state index in [2.05, 4.69) is 0 Å². The molecule has 0 aliphatic rings. The number of nitro groups is 1. The first-order valence-electron chi connectivity index (χ1n) is 11.5. The number of benzene rings is 4. The molecule has 4 aromatic carbocycles. The van der Waals surface area contributed by atoms with Crippen LogP contribution < -0.4 is 0 Å². The van der Waals surface area contributed by atoms with Gasteiger partial charge in [0, 0.05) is 22.8 Å². The van der Waals surface area contributed by atoms with E-state index in [1.807, 2.05) is 60.7 Å². The number of aromatic nitrogens is 2. The summed E-state index contributed by atoms with van der Waals surface area (Å²) in [6.45, 7) is -0.594. The molecule has 9 heteroatoms. The van der Waals surface area contributed by atoms with E-state index < -0.39 is 29.0 Å². The van der Waals surface area contributed by atoms with Gasteiger partial charge in [-0.2, -0.15) is 0 Å². The number of ether oxygens (including phenoxy) is 1. The van der Waals surface area contributed by atoms with Crippen molar-refractivity contribution in [3.8, 4) is 22.5 Å². The van der Waals surface area contributed by atoms with Crippen LogP contribution in [0.3, 0.4) is 0 Å². The third-order valence-electron chi connectivity index (χ3n) is 5.79. The van der Waals surface area contributed by atoms with Crippen molar-refractivity contribution < 1.29 is 19.2 Å². The van der Waals surface area contributed by atoms with Crippen molar-refractivity contribution in [1.29, 1.82) is 0 Å². The summed E-state index contributed by atoms with van der Waals surface area (Å²) in [6, 6.07) is 27.7. The van der Waals surface area contributed by atoms with Gasteiger partial charge in [0.2, 0.25) is 5.78 Å². The molecule has 186 valence electrons. The molecule has 8 nitrogen and oxygen atoms in total. The van der Waals surface area contributed by atoms with Crippen LogP contribution in [-0.2, 0) is 4.74 Å². The monoisotopic (exact) mass is 523 g/mol. The highest BCUT2D eigenvalue weighted by Gasteiger charge is 2.19. The van der Waals surface area contributed by atoms with Gasteiger partial charge in [-0.25, -0.2) is 14.8 Å². The van der Waals surface area contributed by atoms with Crippen LogP contribution in [0.1, 0.15) is 20.7 Å². The SMILES string of the molecule is O=C(COC(=O)c1ccc2nc(-c3ccccc3)c(-c3ccccc3)nc2c1)c1ccc(Cl)c([N+](=O)[O-])c1. The average molecular weight is 524 g/mol. The molecule has 0 bridgehead atoms. The van der Waals surface area contributed by atoms with E-state index >= 15 is 0 Å². The lowest BCUT2D eigenvalue weighted by atomic mass is 10.0. The zero-order valence-corrected chi connectivity index (χ0v) is 20.5. The van der Waals surface area contributed by atoms with Crippen molar-refractivity contribution in [3.05, 3.63) is 123 Å². The van der Waals surface area contributed by atoms with Crippen molar-refractivity contribution in [2.45, 2.75) is 0 Å². The molecular weight excluding hydrogens is 506 g/mol. The Labute approximate surface area is 221 Å². The largest absolute Gasteiger partial charge is 0.454 e. The molecular formula is C29H18ClN3O5. The molecule has 38 heavy (non-hydrogen) atoms. The maximum Gasteiger partial charge on any atom is 0.338 e. The fourth-order valence-electron chi connectivity index (χ4n) is 3.90. The van der Waals surface area contributed by atoms with Gasteiger partial charge in [-0.3, -0.25) is 14.9 Å². The van der Waals surface area contributed by atoms with Gasteiger partial charge in [-0.15, -0.1) is 0 Å². The lowest BCUT2D eigenvalue weighted by Gasteiger charge is -2.11. The Morgan fingerprint density at radius 1 is 0.763 bits per heavy atom. The molecule has 0 amide bonds. The van der Waals surface area contributed by atoms with Crippen LogP contribution in [0.4, 0.5) is 5.69 Å². The molecule has 0 spiro atoms. The van der Waals surface area contributed by atoms with Gasteiger partial charge in [-0.05, 0) is 30.3 Å². The molecule has 0 N–H and O–H groups in total. The summed E-state index contributed by atoms with van der Waals surface area (Å²) < 4.78 is 5.19. The molecule has 0 fully saturated rings. The highest BCUT2D eigenvalue weighted by atomic mass is 35.5. The third-order valence-corrected chi connectivity index (χ3v) is 6.11. The van der Waals surface area contributed by atoms with Crippen molar-refractivity contribution in [3.63, 3.8) is 0 Å². The quantitative estimate of drug-likeness (QED) is 0.103. The number of carbonyl (C=O) groups is 2. The van der Waals surface area contributed by atoms with Crippen LogP contribution in [0.15, 0.2) is 97.1 Å². The Morgan fingerprint density at radius 3 is 1.95 bits per heavy atom. The second-order valence-electron chi connectivity index (χ2n) is 8.28. The molecule has 0 unspecified atom stereocenters. The summed E-state index contributed by atoms with van der Waals surface area (Å²) in [4.78, 5) is 45.3. The van der Waals surface area contributed by atoms with Crippen LogP contribution in [0, 0.1) is 10.1 Å². The van der Waals surface area contributed by atoms with Gasteiger partial charge in [0.1, 0.15) is 5.02 Å². The van der Waals surface area contributed by atoms with Crippen LogP contribution in [0.2, 0.25) is 5.02 Å². The molecule has 1 aromatic heterocycles. The van der Waals surface area contributed by atoms with Gasteiger partial charge >= 0.3 is 5.97 Å². The number of hydrogen-bond acceptors (Lipinski definition) is 7. The van der Waals surface area contributed by atoms with Gasteiger partial charge in [-0.1, -0.05) is 72.3 Å². The number of nitrogens with zero attached hydrogens (tertiary/aromatic N) is 3. The molecule has 5 aromatic rings. The summed E-state index contributed by atoms with van der Waals surface area (Å²) in [5.74, 6) is -1.34. The number of halogens is 1. The predicted molar refractivity (Wildman–Crippen MR) is 143 cm³/mol. The van der Waals surface area contributed by atoms with Gasteiger partial charge in [0.05, 0.1) is 32.9 Å². The predicted octanol–water partition coefficient (Wildman–Crippen LogP) is 6.57. The first-order valence-corrected chi connectivity index (χ1v) is 11.9. The zero-order valence-electron chi connectivity index (χ0n) is 19.7. The van der Waals surface area contributed by atoms with Crippen LogP contribution in [0.5, 0.6) is 0 Å². The van der Waals surface area contributed by atoms with Crippen molar-refractivity contribution in [1.82, 2.24) is 9.97 Å². The van der Waals surface area contributed by atoms with Crippen molar-refractivity contribution >= 4 is 40.1 Å². The molecule has 0 aliphatic heterocycles. The minimum absolute atomic E-state index is 0.0132. The number of rotatable bonds is 7. The summed E-state index contributed by atoms with van der Waals surface area (Å²) in [7, 11) is 0. The number of ketones is 1. The summed E-state index contributed by atoms with van der Waals surface area (Å²) in [5, 5.41) is 11.0. The Balaban J connectivity index is 1.43. The van der Waals surface area contributed by atoms with Gasteiger partial charge < -0.3 is 4.74 Å². The minimum atomic E-state index is -0.737. The first-order chi connectivity index (χ1) is 18.4. The lowest BCUT2D eigenvalue weighted by Crippen LogP contribution is -2.14. The second kappa shape index (κ2) is 10.6. The Bertz CT molecular complexity index is 1690. The summed E-state index contributed by atoms with van der Waals surface area (Å²) in [5.41, 5.74) is 4.02. The smallest absolute Gasteiger partial charge is 0.338 e. The van der Waals surface area contributed by atoms with E-state index in [1.165, 1.54) is 12.1 Å². The van der Waals surface area contributed by atoms with E-state index in [0.717, 1.165) is 17.2 Å². The highest BCUT2D eigenvalue weighted by molar-refractivity contribution is 6.32. The van der Waals surface area contributed by atoms with E-state index in [1.54, 1.807) is 18.2 Å². The van der Waals surface area contributed by atoms with E-state index in [4.69, 9.17) is 26.3 Å². The minimum Gasteiger partial charge on any atom is -0.454 e. The molecule has 0 saturated carbocycles. The van der Waals surface area contributed by atoms with Crippen molar-refractivity contribution in [2.24, 2.45) is 0 Å². The number of Topliss-reactive ketones (excluding diaryl/α,β-unsaturated/α-hetero) is 1. The standard InChI is InChI=1S/C29H18ClN3O5/c30-22-13-11-20(16-25(22)33(36)37)26(34)17-38-29(35)21-12-14-23-24(15-21)32-28(19-9-5-2-6-10-19)27(31-23)18-7-3-1-4-8-18/h1-16H,17H2. The Morgan fingerprint density at radius 2 is 1.34 bits per heavy atom. The van der Waals surface area contributed by atoms with E-state index in [9.17, 15) is 19.7 Å². The summed E-state index contributed by atoms with van der Waals surface area (Å²) in [6.07, 6.45) is 0. The average Bonchev–Trinajstić information content (AvgIpc) is 2.95. The first kappa shape index (κ1) is 24.7. The number of carbonyl (C=O) groups excluding carboxylic acids is 2. The lowest BCUT2D eigenvalue weighted by molar-refractivity contribution is -0.384.